The van der Waals surface area contributed by atoms with Gasteiger partial charge in [0.15, 0.2) is 0 Å². The van der Waals surface area contributed by atoms with Gasteiger partial charge < -0.3 is 10.2 Å². The first kappa shape index (κ1) is 12.2. The minimum Gasteiger partial charge on any atom is -0.437 e. The lowest BCUT2D eigenvalue weighted by molar-refractivity contribution is 0.431. The Hall–Kier alpha value is -1.26. The molecule has 90 valence electrons. The van der Waals surface area contributed by atoms with Crippen molar-refractivity contribution in [1.82, 2.24) is 4.98 Å². The monoisotopic (exact) mass is 248 g/mol. The molecule has 0 aliphatic carbocycles. The number of thioether (sulfide) groups is 1. The van der Waals surface area contributed by atoms with Crippen molar-refractivity contribution in [3.63, 3.8) is 0 Å². The lowest BCUT2D eigenvalue weighted by atomic mass is 10.1. The third kappa shape index (κ3) is 3.11. The van der Waals surface area contributed by atoms with E-state index in [0.29, 0.717) is 6.54 Å². The molecule has 0 saturated heterocycles. The number of hydrogen-bond acceptors (Lipinski definition) is 4. The van der Waals surface area contributed by atoms with Gasteiger partial charge in [-0.25, -0.2) is 4.98 Å². The predicted octanol–water partition coefficient (Wildman–Crippen LogP) is 3.04. The van der Waals surface area contributed by atoms with Gasteiger partial charge in [-0.15, -0.1) is 0 Å². The Morgan fingerprint density at radius 3 is 2.35 bits per heavy atom. The summed E-state index contributed by atoms with van der Waals surface area (Å²) in [5.41, 5.74) is 8.92. The zero-order valence-corrected chi connectivity index (χ0v) is 10.9. The fourth-order valence-corrected chi connectivity index (χ4v) is 2.29. The summed E-state index contributed by atoms with van der Waals surface area (Å²) >= 11 is 1.61. The minimum absolute atomic E-state index is 0.589. The molecule has 0 bridgehead atoms. The molecule has 2 aromatic rings. The summed E-state index contributed by atoms with van der Waals surface area (Å²) in [6, 6.07) is 8.31. The number of nitrogens with two attached hydrogens (primary N) is 1. The van der Waals surface area contributed by atoms with Gasteiger partial charge in [0.1, 0.15) is 5.76 Å². The van der Waals surface area contributed by atoms with Crippen molar-refractivity contribution < 1.29 is 4.42 Å². The smallest absolute Gasteiger partial charge is 0.256 e. The van der Waals surface area contributed by atoms with Crippen LogP contribution in [0.1, 0.15) is 22.6 Å². The Morgan fingerprint density at radius 2 is 1.82 bits per heavy atom. The zero-order chi connectivity index (χ0) is 12.3. The van der Waals surface area contributed by atoms with E-state index in [4.69, 9.17) is 10.2 Å². The van der Waals surface area contributed by atoms with Crippen LogP contribution in [0.15, 0.2) is 33.9 Å². The van der Waals surface area contributed by atoms with Crippen LogP contribution >= 0.6 is 11.8 Å². The maximum absolute atomic E-state index is 5.55. The summed E-state index contributed by atoms with van der Waals surface area (Å²) < 4.78 is 5.51. The van der Waals surface area contributed by atoms with Crippen LogP contribution in [0.3, 0.4) is 0 Å². The Morgan fingerprint density at radius 1 is 1.18 bits per heavy atom. The molecule has 1 aromatic heterocycles. The van der Waals surface area contributed by atoms with Crippen LogP contribution in [0.25, 0.3) is 0 Å². The van der Waals surface area contributed by atoms with Gasteiger partial charge in [0.25, 0.3) is 5.22 Å². The average Bonchev–Trinajstić information content (AvgIpc) is 2.67. The molecule has 3 nitrogen and oxygen atoms in total. The van der Waals surface area contributed by atoms with E-state index in [0.717, 1.165) is 28.0 Å². The fourth-order valence-electron chi connectivity index (χ4n) is 1.42. The quantitative estimate of drug-likeness (QED) is 0.845. The molecular formula is C13H16N2OS. The number of nitrogens with zero attached hydrogens (tertiary/aromatic N) is 1. The molecule has 17 heavy (non-hydrogen) atoms. The molecule has 0 aliphatic rings. The van der Waals surface area contributed by atoms with Crippen molar-refractivity contribution in [3.05, 3.63) is 46.8 Å². The number of aromatic nitrogens is 1. The van der Waals surface area contributed by atoms with Gasteiger partial charge in [0.2, 0.25) is 0 Å². The van der Waals surface area contributed by atoms with Crippen molar-refractivity contribution in [3.8, 4) is 0 Å². The molecule has 0 fully saturated rings. The summed E-state index contributed by atoms with van der Waals surface area (Å²) in [7, 11) is 0. The molecule has 0 atom stereocenters. The Kier molecular flexibility index (Phi) is 3.86. The van der Waals surface area contributed by atoms with Gasteiger partial charge in [0.05, 0.1) is 5.69 Å². The van der Waals surface area contributed by atoms with Crippen LogP contribution in [0.4, 0.5) is 0 Å². The Bertz CT molecular complexity index is 471. The molecule has 2 N–H and O–H groups in total. The van der Waals surface area contributed by atoms with E-state index in [2.05, 4.69) is 29.2 Å². The Labute approximate surface area is 105 Å². The summed E-state index contributed by atoms with van der Waals surface area (Å²) in [6.45, 7) is 4.48. The van der Waals surface area contributed by atoms with Crippen molar-refractivity contribution in [2.75, 3.05) is 0 Å². The normalized spacial score (nSPS) is 10.8. The van der Waals surface area contributed by atoms with Crippen LogP contribution in [0.2, 0.25) is 0 Å². The van der Waals surface area contributed by atoms with E-state index >= 15 is 0 Å². The first-order valence-corrected chi connectivity index (χ1v) is 6.52. The van der Waals surface area contributed by atoms with E-state index in [9.17, 15) is 0 Å². The van der Waals surface area contributed by atoms with Crippen molar-refractivity contribution >= 4 is 11.8 Å². The number of aryl methyl sites for hydroxylation is 2. The van der Waals surface area contributed by atoms with Crippen LogP contribution in [0.5, 0.6) is 0 Å². The average molecular weight is 248 g/mol. The second kappa shape index (κ2) is 5.38. The molecule has 0 amide bonds. The standard InChI is InChI=1S/C13H16N2OS/c1-9-10(2)16-13(15-9)17-8-12-5-3-11(7-14)4-6-12/h3-6H,7-8,14H2,1-2H3. The first-order chi connectivity index (χ1) is 8.19. The van der Waals surface area contributed by atoms with Crippen molar-refractivity contribution in [2.24, 2.45) is 5.73 Å². The van der Waals surface area contributed by atoms with E-state index in [1.165, 1.54) is 5.56 Å². The SMILES string of the molecule is Cc1nc(SCc2ccc(CN)cc2)oc1C. The molecule has 4 heteroatoms. The van der Waals surface area contributed by atoms with Gasteiger partial charge in [-0.2, -0.15) is 0 Å². The summed E-state index contributed by atoms with van der Waals surface area (Å²) in [4.78, 5) is 4.34. The molecular weight excluding hydrogens is 232 g/mol. The van der Waals surface area contributed by atoms with Crippen LogP contribution in [-0.4, -0.2) is 4.98 Å². The van der Waals surface area contributed by atoms with Crippen molar-refractivity contribution in [1.29, 1.82) is 0 Å². The van der Waals surface area contributed by atoms with Gasteiger partial charge in [-0.05, 0) is 25.0 Å². The molecule has 0 aliphatic heterocycles. The highest BCUT2D eigenvalue weighted by Gasteiger charge is 2.06. The second-order valence-corrected chi connectivity index (χ2v) is 4.86. The van der Waals surface area contributed by atoms with Gasteiger partial charge in [0, 0.05) is 12.3 Å². The lowest BCUT2D eigenvalue weighted by Crippen LogP contribution is -1.95. The van der Waals surface area contributed by atoms with E-state index in [-0.39, 0.29) is 0 Å². The third-order valence-electron chi connectivity index (χ3n) is 2.63. The van der Waals surface area contributed by atoms with Crippen LogP contribution < -0.4 is 5.73 Å². The first-order valence-electron chi connectivity index (χ1n) is 5.53. The molecule has 1 heterocycles. The molecule has 0 spiro atoms. The summed E-state index contributed by atoms with van der Waals surface area (Å²) in [6.07, 6.45) is 0. The topological polar surface area (TPSA) is 52.0 Å². The maximum Gasteiger partial charge on any atom is 0.256 e. The summed E-state index contributed by atoms with van der Waals surface area (Å²) in [5, 5.41) is 0.739. The summed E-state index contributed by atoms with van der Waals surface area (Å²) in [5.74, 6) is 1.76. The van der Waals surface area contributed by atoms with E-state index in [1.807, 2.05) is 13.8 Å². The Balaban J connectivity index is 1.97. The molecule has 0 radical (unpaired) electrons. The highest BCUT2D eigenvalue weighted by molar-refractivity contribution is 7.98. The number of oxazole rings is 1. The second-order valence-electron chi connectivity index (χ2n) is 3.93. The van der Waals surface area contributed by atoms with Gasteiger partial charge >= 0.3 is 0 Å². The number of benzene rings is 1. The van der Waals surface area contributed by atoms with E-state index < -0.39 is 0 Å². The van der Waals surface area contributed by atoms with Crippen LogP contribution in [0, 0.1) is 13.8 Å². The maximum atomic E-state index is 5.55. The minimum atomic E-state index is 0.589. The third-order valence-corrected chi connectivity index (χ3v) is 3.53. The fraction of sp³-hybridized carbons (Fsp3) is 0.308. The highest BCUT2D eigenvalue weighted by atomic mass is 32.2. The molecule has 2 rings (SSSR count). The molecule has 0 unspecified atom stereocenters. The van der Waals surface area contributed by atoms with E-state index in [1.54, 1.807) is 11.8 Å². The molecule has 0 saturated carbocycles. The zero-order valence-electron chi connectivity index (χ0n) is 10.1. The van der Waals surface area contributed by atoms with Crippen molar-refractivity contribution in [2.45, 2.75) is 31.4 Å². The predicted molar refractivity (Wildman–Crippen MR) is 69.9 cm³/mol. The largest absolute Gasteiger partial charge is 0.437 e. The molecule has 1 aromatic carbocycles. The van der Waals surface area contributed by atoms with Crippen LogP contribution in [-0.2, 0) is 12.3 Å². The number of rotatable bonds is 4. The van der Waals surface area contributed by atoms with Gasteiger partial charge in [-0.1, -0.05) is 36.0 Å². The number of hydrogen-bond donors (Lipinski definition) is 1. The lowest BCUT2D eigenvalue weighted by Gasteiger charge is -2.00. The highest BCUT2D eigenvalue weighted by Crippen LogP contribution is 2.24. The van der Waals surface area contributed by atoms with Gasteiger partial charge in [-0.3, -0.25) is 0 Å².